The van der Waals surface area contributed by atoms with Crippen molar-refractivity contribution in [3.63, 3.8) is 0 Å². The van der Waals surface area contributed by atoms with Gasteiger partial charge in [-0.3, -0.25) is 9.59 Å². The lowest BCUT2D eigenvalue weighted by atomic mass is 10.2. The van der Waals surface area contributed by atoms with Gasteiger partial charge in [0.15, 0.2) is 0 Å². The number of carbonyl (C=O) groups excluding carboxylic acids is 1. The Bertz CT molecular complexity index is 625. The molecule has 1 atom stereocenters. The van der Waals surface area contributed by atoms with Crippen LogP contribution in [-0.4, -0.2) is 38.6 Å². The van der Waals surface area contributed by atoms with Crippen LogP contribution in [0, 0.1) is 6.92 Å². The number of nitrogens with one attached hydrogen (secondary N) is 1. The van der Waals surface area contributed by atoms with Crippen molar-refractivity contribution in [3.05, 3.63) is 29.8 Å². The third-order valence-corrected chi connectivity index (χ3v) is 4.23. The van der Waals surface area contributed by atoms with Crippen LogP contribution in [0.5, 0.6) is 0 Å². The molecular weight excluding hydrogens is 298 g/mol. The molecule has 0 aromatic heterocycles. The van der Waals surface area contributed by atoms with E-state index in [0.717, 1.165) is 5.56 Å². The Morgan fingerprint density at radius 1 is 1.38 bits per heavy atom. The van der Waals surface area contributed by atoms with Gasteiger partial charge in [0.2, 0.25) is 10.0 Å². The fourth-order valence-electron chi connectivity index (χ4n) is 1.63. The first-order chi connectivity index (χ1) is 9.76. The van der Waals surface area contributed by atoms with E-state index in [2.05, 4.69) is 9.46 Å². The van der Waals surface area contributed by atoms with Crippen LogP contribution in [0.1, 0.15) is 18.4 Å². The van der Waals surface area contributed by atoms with Gasteiger partial charge in [-0.2, -0.15) is 4.72 Å². The fraction of sp³-hybridized carbons (Fsp3) is 0.385. The average Bonchev–Trinajstić information content (AvgIpc) is 2.42. The number of benzene rings is 1. The lowest BCUT2D eigenvalue weighted by Gasteiger charge is -2.14. The molecule has 0 saturated carbocycles. The summed E-state index contributed by atoms with van der Waals surface area (Å²) in [6.07, 6.45) is -0.378. The summed E-state index contributed by atoms with van der Waals surface area (Å²) in [6, 6.07) is 4.70. The summed E-state index contributed by atoms with van der Waals surface area (Å²) in [6.45, 7) is 1.73. The predicted octanol–water partition coefficient (Wildman–Crippen LogP) is 0.680. The highest BCUT2D eigenvalue weighted by atomic mass is 32.2. The van der Waals surface area contributed by atoms with Crippen LogP contribution in [0.4, 0.5) is 0 Å². The standard InChI is InChI=1S/C13H17NO6S/c1-9-4-3-5-10(8-9)21(18,19)14-11(13(16)17)6-7-12(15)20-2/h3-5,8,11,14H,6-7H2,1-2H3,(H,16,17)/t11-/m0/s1. The summed E-state index contributed by atoms with van der Waals surface area (Å²) in [7, 11) is -2.79. The zero-order valence-electron chi connectivity index (χ0n) is 11.7. The summed E-state index contributed by atoms with van der Waals surface area (Å²) < 4.78 is 30.7. The van der Waals surface area contributed by atoms with Crippen molar-refractivity contribution in [1.29, 1.82) is 0 Å². The highest BCUT2D eigenvalue weighted by Gasteiger charge is 2.26. The SMILES string of the molecule is COC(=O)CC[C@H](NS(=O)(=O)c1cccc(C)c1)C(=O)O. The third-order valence-electron chi connectivity index (χ3n) is 2.76. The van der Waals surface area contributed by atoms with Gasteiger partial charge in [0, 0.05) is 6.42 Å². The minimum absolute atomic E-state index is 0.0215. The Kier molecular flexibility index (Phi) is 5.86. The summed E-state index contributed by atoms with van der Waals surface area (Å²) in [5.41, 5.74) is 0.735. The molecule has 0 heterocycles. The van der Waals surface area contributed by atoms with E-state index in [9.17, 15) is 18.0 Å². The zero-order valence-corrected chi connectivity index (χ0v) is 12.5. The minimum Gasteiger partial charge on any atom is -0.480 e. The van der Waals surface area contributed by atoms with Gasteiger partial charge in [-0.05, 0) is 31.0 Å². The number of sulfonamides is 1. The van der Waals surface area contributed by atoms with Crippen molar-refractivity contribution in [3.8, 4) is 0 Å². The maximum Gasteiger partial charge on any atom is 0.321 e. The molecule has 0 fully saturated rings. The molecule has 0 aliphatic rings. The first kappa shape index (κ1) is 17.1. The van der Waals surface area contributed by atoms with Crippen molar-refractivity contribution in [2.24, 2.45) is 0 Å². The zero-order chi connectivity index (χ0) is 16.0. The topological polar surface area (TPSA) is 110 Å². The van der Waals surface area contributed by atoms with Crippen LogP contribution in [0.25, 0.3) is 0 Å². The second-order valence-corrected chi connectivity index (χ2v) is 6.16. The summed E-state index contributed by atoms with van der Waals surface area (Å²) in [5, 5.41) is 9.04. The molecule has 7 nitrogen and oxygen atoms in total. The summed E-state index contributed by atoms with van der Waals surface area (Å²) in [5.74, 6) is -1.95. The normalized spacial score (nSPS) is 12.7. The molecule has 0 spiro atoms. The number of carbonyl (C=O) groups is 2. The molecule has 2 N–H and O–H groups in total. The maximum absolute atomic E-state index is 12.1. The van der Waals surface area contributed by atoms with E-state index in [-0.39, 0.29) is 17.7 Å². The van der Waals surface area contributed by atoms with Crippen molar-refractivity contribution in [2.45, 2.75) is 30.7 Å². The molecule has 0 amide bonds. The minimum atomic E-state index is -3.96. The Balaban J connectivity index is 2.87. The molecule has 21 heavy (non-hydrogen) atoms. The van der Waals surface area contributed by atoms with Crippen LogP contribution in [0.2, 0.25) is 0 Å². The van der Waals surface area contributed by atoms with Crippen molar-refractivity contribution < 1.29 is 27.9 Å². The first-order valence-corrected chi connectivity index (χ1v) is 7.63. The van der Waals surface area contributed by atoms with Gasteiger partial charge in [-0.15, -0.1) is 0 Å². The summed E-state index contributed by atoms with van der Waals surface area (Å²) >= 11 is 0. The molecule has 1 aromatic rings. The van der Waals surface area contributed by atoms with E-state index in [1.807, 2.05) is 0 Å². The van der Waals surface area contributed by atoms with Crippen LogP contribution < -0.4 is 4.72 Å². The number of hydrogen-bond acceptors (Lipinski definition) is 5. The number of hydrogen-bond donors (Lipinski definition) is 2. The molecule has 0 saturated heterocycles. The van der Waals surface area contributed by atoms with Crippen molar-refractivity contribution >= 4 is 22.0 Å². The number of ether oxygens (including phenoxy) is 1. The van der Waals surface area contributed by atoms with Crippen molar-refractivity contribution in [2.75, 3.05) is 7.11 Å². The molecule has 1 aromatic carbocycles. The van der Waals surface area contributed by atoms with Crippen LogP contribution in [0.3, 0.4) is 0 Å². The van der Waals surface area contributed by atoms with Gasteiger partial charge in [-0.25, -0.2) is 8.42 Å². The first-order valence-electron chi connectivity index (χ1n) is 6.15. The number of rotatable bonds is 7. The lowest BCUT2D eigenvalue weighted by Crippen LogP contribution is -2.41. The monoisotopic (exact) mass is 315 g/mol. The number of carboxylic acid groups (broad SMARTS) is 1. The predicted molar refractivity (Wildman–Crippen MR) is 74.2 cm³/mol. The van der Waals surface area contributed by atoms with Gasteiger partial charge < -0.3 is 9.84 Å². The number of carboxylic acids is 1. The fourth-order valence-corrected chi connectivity index (χ4v) is 2.96. The molecule has 8 heteroatoms. The second kappa shape index (κ2) is 7.19. The van der Waals surface area contributed by atoms with Crippen LogP contribution >= 0.6 is 0 Å². The molecule has 0 aliphatic carbocycles. The molecule has 116 valence electrons. The number of esters is 1. The molecule has 0 unspecified atom stereocenters. The Hall–Kier alpha value is -1.93. The quantitative estimate of drug-likeness (QED) is 0.716. The Labute approximate surface area is 123 Å². The van der Waals surface area contributed by atoms with Gasteiger partial charge in [0.1, 0.15) is 6.04 Å². The smallest absolute Gasteiger partial charge is 0.321 e. The van der Waals surface area contributed by atoms with Gasteiger partial charge in [-0.1, -0.05) is 12.1 Å². The van der Waals surface area contributed by atoms with E-state index in [1.165, 1.54) is 19.2 Å². The maximum atomic E-state index is 12.1. The van der Waals surface area contributed by atoms with Gasteiger partial charge in [0.25, 0.3) is 0 Å². The highest BCUT2D eigenvalue weighted by Crippen LogP contribution is 2.12. The number of aliphatic carboxylic acids is 1. The lowest BCUT2D eigenvalue weighted by molar-refractivity contribution is -0.142. The molecular formula is C13H17NO6S. The van der Waals surface area contributed by atoms with E-state index in [0.29, 0.717) is 0 Å². The molecule has 0 aliphatic heterocycles. The van der Waals surface area contributed by atoms with Crippen LogP contribution in [-0.2, 0) is 24.3 Å². The Morgan fingerprint density at radius 2 is 2.05 bits per heavy atom. The van der Waals surface area contributed by atoms with E-state index in [4.69, 9.17) is 5.11 Å². The number of methoxy groups -OCH3 is 1. The molecule has 1 rings (SSSR count). The molecule has 0 bridgehead atoms. The van der Waals surface area contributed by atoms with Crippen molar-refractivity contribution in [1.82, 2.24) is 4.72 Å². The Morgan fingerprint density at radius 3 is 2.57 bits per heavy atom. The average molecular weight is 315 g/mol. The second-order valence-electron chi connectivity index (χ2n) is 4.44. The van der Waals surface area contributed by atoms with Gasteiger partial charge in [0.05, 0.1) is 12.0 Å². The van der Waals surface area contributed by atoms with E-state index in [1.54, 1.807) is 19.1 Å². The van der Waals surface area contributed by atoms with E-state index >= 15 is 0 Å². The summed E-state index contributed by atoms with van der Waals surface area (Å²) in [4.78, 5) is 22.1. The van der Waals surface area contributed by atoms with Crippen LogP contribution in [0.15, 0.2) is 29.2 Å². The van der Waals surface area contributed by atoms with Gasteiger partial charge >= 0.3 is 11.9 Å². The van der Waals surface area contributed by atoms with E-state index < -0.39 is 28.0 Å². The number of aryl methyl sites for hydroxylation is 1. The largest absolute Gasteiger partial charge is 0.480 e. The third kappa shape index (κ3) is 5.16. The molecule has 0 radical (unpaired) electrons. The highest BCUT2D eigenvalue weighted by molar-refractivity contribution is 7.89.